The van der Waals surface area contributed by atoms with Crippen molar-refractivity contribution in [3.8, 4) is 0 Å². The van der Waals surface area contributed by atoms with E-state index in [1.54, 1.807) is 0 Å². The minimum atomic E-state index is 0.352. The fourth-order valence-corrected chi connectivity index (χ4v) is 1.23. The first-order valence-corrected chi connectivity index (χ1v) is 4.96. The monoisotopic (exact) mass is 198 g/mol. The lowest BCUT2D eigenvalue weighted by atomic mass is 10.1. The highest BCUT2D eigenvalue weighted by Crippen LogP contribution is 2.12. The predicted molar refractivity (Wildman–Crippen MR) is 56.0 cm³/mol. The van der Waals surface area contributed by atoms with Crippen molar-refractivity contribution >= 4 is 11.6 Å². The number of nitrogens with zero attached hydrogens (tertiary/aromatic N) is 1. The molecule has 3 heteroatoms. The lowest BCUT2D eigenvalue weighted by Gasteiger charge is -2.12. The van der Waals surface area contributed by atoms with Crippen LogP contribution in [0.15, 0.2) is 18.3 Å². The number of aromatic nitrogens is 1. The minimum absolute atomic E-state index is 0.352. The number of rotatable bonds is 4. The number of halogens is 1. The summed E-state index contributed by atoms with van der Waals surface area (Å²) in [6.07, 6.45) is 2.96. The third-order valence-electron chi connectivity index (χ3n) is 1.95. The van der Waals surface area contributed by atoms with Crippen molar-refractivity contribution in [2.75, 3.05) is 6.54 Å². The number of hydrogen-bond donors (Lipinski definition) is 1. The molecule has 0 saturated carbocycles. The van der Waals surface area contributed by atoms with Gasteiger partial charge in [-0.25, -0.2) is 4.98 Å². The van der Waals surface area contributed by atoms with Crippen LogP contribution in [0.2, 0.25) is 5.15 Å². The van der Waals surface area contributed by atoms with Gasteiger partial charge in [0.2, 0.25) is 0 Å². The Kier molecular flexibility index (Phi) is 4.19. The maximum absolute atomic E-state index is 5.69. The molecule has 0 fully saturated rings. The van der Waals surface area contributed by atoms with Gasteiger partial charge in [-0.3, -0.25) is 0 Å². The molecule has 72 valence electrons. The van der Waals surface area contributed by atoms with Crippen LogP contribution in [-0.4, -0.2) is 11.5 Å². The summed E-state index contributed by atoms with van der Waals surface area (Å²) in [5.74, 6) is 0. The van der Waals surface area contributed by atoms with Gasteiger partial charge in [-0.15, -0.1) is 0 Å². The Hall–Kier alpha value is -0.600. The number of hydrogen-bond acceptors (Lipinski definition) is 2. The van der Waals surface area contributed by atoms with Crippen LogP contribution in [0.25, 0.3) is 0 Å². The van der Waals surface area contributed by atoms with Crippen molar-refractivity contribution in [2.24, 2.45) is 0 Å². The van der Waals surface area contributed by atoms with Gasteiger partial charge in [-0.2, -0.15) is 0 Å². The molecule has 1 heterocycles. The highest BCUT2D eigenvalue weighted by atomic mass is 35.5. The molecule has 1 aromatic heterocycles. The summed E-state index contributed by atoms with van der Waals surface area (Å²) in [6.45, 7) is 5.31. The van der Waals surface area contributed by atoms with E-state index in [2.05, 4.69) is 24.1 Å². The normalized spacial score (nSPS) is 12.8. The molecule has 0 radical (unpaired) electrons. The van der Waals surface area contributed by atoms with Crippen molar-refractivity contribution in [3.63, 3.8) is 0 Å². The molecule has 1 N–H and O–H groups in total. The van der Waals surface area contributed by atoms with Gasteiger partial charge < -0.3 is 5.32 Å². The summed E-state index contributed by atoms with van der Waals surface area (Å²) >= 11 is 5.69. The van der Waals surface area contributed by atoms with Gasteiger partial charge in [-0.1, -0.05) is 24.6 Å². The molecule has 1 rings (SSSR count). The van der Waals surface area contributed by atoms with Crippen LogP contribution in [0.4, 0.5) is 0 Å². The largest absolute Gasteiger partial charge is 0.310 e. The summed E-state index contributed by atoms with van der Waals surface area (Å²) in [7, 11) is 0. The van der Waals surface area contributed by atoms with Crippen LogP contribution in [0.5, 0.6) is 0 Å². The van der Waals surface area contributed by atoms with Crippen LogP contribution < -0.4 is 5.32 Å². The van der Waals surface area contributed by atoms with Crippen molar-refractivity contribution in [3.05, 3.63) is 29.0 Å². The topological polar surface area (TPSA) is 24.9 Å². The van der Waals surface area contributed by atoms with Crippen molar-refractivity contribution in [1.29, 1.82) is 0 Å². The summed E-state index contributed by atoms with van der Waals surface area (Å²) in [5, 5.41) is 3.93. The second kappa shape index (κ2) is 5.20. The zero-order chi connectivity index (χ0) is 9.68. The molecule has 0 amide bonds. The van der Waals surface area contributed by atoms with Gasteiger partial charge in [0.15, 0.2) is 0 Å². The third-order valence-corrected chi connectivity index (χ3v) is 2.17. The Morgan fingerprint density at radius 3 is 2.85 bits per heavy atom. The molecule has 0 aliphatic heterocycles. The summed E-state index contributed by atoms with van der Waals surface area (Å²) < 4.78 is 0. The summed E-state index contributed by atoms with van der Waals surface area (Å²) in [4.78, 5) is 4.03. The molecular weight excluding hydrogens is 184 g/mol. The molecule has 0 aliphatic carbocycles. The quantitative estimate of drug-likeness (QED) is 0.753. The van der Waals surface area contributed by atoms with E-state index >= 15 is 0 Å². The standard InChI is InChI=1S/C10H15ClN2/c1-3-6-12-8(2)9-4-5-10(11)13-7-9/h4-5,7-8,12H,3,6H2,1-2H3. The number of pyridine rings is 1. The smallest absolute Gasteiger partial charge is 0.129 e. The lowest BCUT2D eigenvalue weighted by molar-refractivity contribution is 0.569. The van der Waals surface area contributed by atoms with E-state index in [9.17, 15) is 0 Å². The fourth-order valence-electron chi connectivity index (χ4n) is 1.12. The Morgan fingerprint density at radius 2 is 2.31 bits per heavy atom. The summed E-state index contributed by atoms with van der Waals surface area (Å²) in [5.41, 5.74) is 1.18. The Morgan fingerprint density at radius 1 is 1.54 bits per heavy atom. The average Bonchev–Trinajstić information content (AvgIpc) is 2.15. The molecule has 0 spiro atoms. The maximum atomic E-state index is 5.69. The Labute approximate surface area is 84.3 Å². The summed E-state index contributed by atoms with van der Waals surface area (Å²) in [6, 6.07) is 4.17. The molecule has 0 bridgehead atoms. The highest BCUT2D eigenvalue weighted by molar-refractivity contribution is 6.29. The van der Waals surface area contributed by atoms with E-state index < -0.39 is 0 Å². The minimum Gasteiger partial charge on any atom is -0.310 e. The van der Waals surface area contributed by atoms with Crippen LogP contribution in [-0.2, 0) is 0 Å². The zero-order valence-corrected chi connectivity index (χ0v) is 8.80. The molecule has 1 aromatic rings. The van der Waals surface area contributed by atoms with Crippen molar-refractivity contribution in [2.45, 2.75) is 26.3 Å². The first kappa shape index (κ1) is 10.5. The molecule has 1 atom stereocenters. The van der Waals surface area contributed by atoms with Gasteiger partial charge in [0.05, 0.1) is 0 Å². The molecule has 0 aromatic carbocycles. The highest BCUT2D eigenvalue weighted by Gasteiger charge is 2.03. The van der Waals surface area contributed by atoms with Crippen molar-refractivity contribution < 1.29 is 0 Å². The number of nitrogens with one attached hydrogen (secondary N) is 1. The maximum Gasteiger partial charge on any atom is 0.129 e. The second-order valence-corrected chi connectivity index (χ2v) is 3.48. The van der Waals surface area contributed by atoms with Gasteiger partial charge >= 0.3 is 0 Å². The van der Waals surface area contributed by atoms with Gasteiger partial charge in [-0.05, 0) is 31.5 Å². The molecule has 2 nitrogen and oxygen atoms in total. The Balaban J connectivity index is 2.55. The third kappa shape index (κ3) is 3.33. The van der Waals surface area contributed by atoms with Gasteiger partial charge in [0.25, 0.3) is 0 Å². The zero-order valence-electron chi connectivity index (χ0n) is 8.05. The van der Waals surface area contributed by atoms with Crippen LogP contribution in [0.3, 0.4) is 0 Å². The first-order chi connectivity index (χ1) is 6.24. The SMILES string of the molecule is CCCNC(C)c1ccc(Cl)nc1. The lowest BCUT2D eigenvalue weighted by Crippen LogP contribution is -2.19. The van der Waals surface area contributed by atoms with Crippen LogP contribution in [0, 0.1) is 0 Å². The van der Waals surface area contributed by atoms with E-state index in [0.29, 0.717) is 11.2 Å². The average molecular weight is 199 g/mol. The molecule has 1 unspecified atom stereocenters. The molecule has 0 saturated heterocycles. The van der Waals surface area contributed by atoms with Crippen LogP contribution in [0.1, 0.15) is 31.9 Å². The van der Waals surface area contributed by atoms with Crippen molar-refractivity contribution in [1.82, 2.24) is 10.3 Å². The van der Waals surface area contributed by atoms with E-state index in [1.165, 1.54) is 5.56 Å². The van der Waals surface area contributed by atoms with Crippen LogP contribution >= 0.6 is 11.6 Å². The molecular formula is C10H15ClN2. The Bertz CT molecular complexity index is 246. The molecule has 0 aliphatic rings. The first-order valence-electron chi connectivity index (χ1n) is 4.59. The molecule has 13 heavy (non-hydrogen) atoms. The van der Waals surface area contributed by atoms with E-state index in [0.717, 1.165) is 13.0 Å². The predicted octanol–water partition coefficient (Wildman–Crippen LogP) is 2.80. The van der Waals surface area contributed by atoms with E-state index in [1.807, 2.05) is 18.3 Å². The van der Waals surface area contributed by atoms with Gasteiger partial charge in [0.1, 0.15) is 5.15 Å². The second-order valence-electron chi connectivity index (χ2n) is 3.09. The fraction of sp³-hybridized carbons (Fsp3) is 0.500. The van der Waals surface area contributed by atoms with Gasteiger partial charge in [0, 0.05) is 12.2 Å². The van der Waals surface area contributed by atoms with E-state index in [-0.39, 0.29) is 0 Å². The van der Waals surface area contributed by atoms with E-state index in [4.69, 9.17) is 11.6 Å².